The van der Waals surface area contributed by atoms with Crippen LogP contribution in [-0.4, -0.2) is 34.2 Å². The SMILES string of the molecule is Cc1nn(C)c(C)c1C(C)C(=O)NC1CCCNC1=O. The second kappa shape index (κ2) is 5.64. The molecule has 0 saturated carbocycles. The number of carbonyl (C=O) groups is 2. The van der Waals surface area contributed by atoms with Crippen LogP contribution in [-0.2, 0) is 16.6 Å². The molecule has 1 aromatic heterocycles. The maximum absolute atomic E-state index is 12.3. The Labute approximate surface area is 118 Å². The van der Waals surface area contributed by atoms with Crippen LogP contribution in [0.4, 0.5) is 0 Å². The smallest absolute Gasteiger partial charge is 0.242 e. The van der Waals surface area contributed by atoms with E-state index in [0.29, 0.717) is 13.0 Å². The summed E-state index contributed by atoms with van der Waals surface area (Å²) in [6.07, 6.45) is 1.60. The molecule has 2 amide bonds. The summed E-state index contributed by atoms with van der Waals surface area (Å²) in [5.41, 5.74) is 2.79. The van der Waals surface area contributed by atoms with Crippen molar-refractivity contribution in [2.45, 2.75) is 45.6 Å². The molecule has 0 aromatic carbocycles. The van der Waals surface area contributed by atoms with Crippen molar-refractivity contribution in [1.29, 1.82) is 0 Å². The minimum Gasteiger partial charge on any atom is -0.354 e. The minimum absolute atomic E-state index is 0.0866. The second-order valence-electron chi connectivity index (χ2n) is 5.42. The van der Waals surface area contributed by atoms with E-state index in [0.717, 1.165) is 23.4 Å². The number of aromatic nitrogens is 2. The summed E-state index contributed by atoms with van der Waals surface area (Å²) in [5.74, 6) is -0.513. The van der Waals surface area contributed by atoms with E-state index in [2.05, 4.69) is 15.7 Å². The van der Waals surface area contributed by atoms with Crippen molar-refractivity contribution >= 4 is 11.8 Å². The summed E-state index contributed by atoms with van der Waals surface area (Å²) in [6, 6.07) is -0.406. The Morgan fingerprint density at radius 2 is 2.20 bits per heavy atom. The zero-order valence-corrected chi connectivity index (χ0v) is 12.5. The van der Waals surface area contributed by atoms with Crippen LogP contribution in [0.3, 0.4) is 0 Å². The quantitative estimate of drug-likeness (QED) is 0.847. The van der Waals surface area contributed by atoms with Gasteiger partial charge in [-0.15, -0.1) is 0 Å². The van der Waals surface area contributed by atoms with E-state index in [4.69, 9.17) is 0 Å². The maximum atomic E-state index is 12.3. The number of nitrogens with one attached hydrogen (secondary N) is 2. The summed E-state index contributed by atoms with van der Waals surface area (Å²) < 4.78 is 1.78. The number of hydrogen-bond acceptors (Lipinski definition) is 3. The van der Waals surface area contributed by atoms with E-state index in [1.807, 2.05) is 27.8 Å². The van der Waals surface area contributed by atoms with Gasteiger partial charge in [0.15, 0.2) is 0 Å². The first kappa shape index (κ1) is 14.6. The molecule has 0 aliphatic carbocycles. The fourth-order valence-corrected chi connectivity index (χ4v) is 2.75. The Kier molecular flexibility index (Phi) is 4.11. The summed E-state index contributed by atoms with van der Waals surface area (Å²) in [4.78, 5) is 24.0. The van der Waals surface area contributed by atoms with E-state index >= 15 is 0 Å². The molecule has 2 unspecified atom stereocenters. The number of rotatable bonds is 3. The van der Waals surface area contributed by atoms with Gasteiger partial charge in [0, 0.05) is 24.8 Å². The first-order valence-electron chi connectivity index (χ1n) is 7.00. The highest BCUT2D eigenvalue weighted by molar-refractivity contribution is 5.90. The van der Waals surface area contributed by atoms with Crippen molar-refractivity contribution in [1.82, 2.24) is 20.4 Å². The molecule has 1 fully saturated rings. The summed E-state index contributed by atoms with van der Waals surface area (Å²) in [5, 5.41) is 9.95. The molecule has 20 heavy (non-hydrogen) atoms. The van der Waals surface area contributed by atoms with E-state index in [1.165, 1.54) is 0 Å². The third-order valence-corrected chi connectivity index (χ3v) is 3.99. The van der Waals surface area contributed by atoms with Gasteiger partial charge in [-0.3, -0.25) is 14.3 Å². The van der Waals surface area contributed by atoms with Crippen molar-refractivity contribution < 1.29 is 9.59 Å². The number of hydrogen-bond donors (Lipinski definition) is 2. The highest BCUT2D eigenvalue weighted by atomic mass is 16.2. The van der Waals surface area contributed by atoms with Crippen LogP contribution < -0.4 is 10.6 Å². The zero-order chi connectivity index (χ0) is 14.9. The lowest BCUT2D eigenvalue weighted by Gasteiger charge is -2.24. The maximum Gasteiger partial charge on any atom is 0.242 e. The van der Waals surface area contributed by atoms with Gasteiger partial charge in [-0.25, -0.2) is 0 Å². The zero-order valence-electron chi connectivity index (χ0n) is 12.5. The predicted molar refractivity (Wildman–Crippen MR) is 75.3 cm³/mol. The van der Waals surface area contributed by atoms with Crippen molar-refractivity contribution in [2.24, 2.45) is 7.05 Å². The Hall–Kier alpha value is -1.85. The van der Waals surface area contributed by atoms with Gasteiger partial charge in [0.25, 0.3) is 0 Å². The van der Waals surface area contributed by atoms with Gasteiger partial charge in [-0.1, -0.05) is 0 Å². The molecule has 6 nitrogen and oxygen atoms in total. The van der Waals surface area contributed by atoms with Gasteiger partial charge in [0.1, 0.15) is 6.04 Å². The molecule has 0 bridgehead atoms. The Balaban J connectivity index is 2.10. The molecule has 1 saturated heterocycles. The molecule has 2 atom stereocenters. The van der Waals surface area contributed by atoms with Gasteiger partial charge in [0.05, 0.1) is 11.6 Å². The first-order valence-corrected chi connectivity index (χ1v) is 7.00. The first-order chi connectivity index (χ1) is 9.41. The molecule has 0 spiro atoms. The molecule has 1 aliphatic rings. The van der Waals surface area contributed by atoms with Gasteiger partial charge in [0.2, 0.25) is 11.8 Å². The van der Waals surface area contributed by atoms with Crippen molar-refractivity contribution in [3.63, 3.8) is 0 Å². The lowest BCUT2D eigenvalue weighted by molar-refractivity contribution is -0.130. The number of piperidine rings is 1. The molecule has 110 valence electrons. The topological polar surface area (TPSA) is 76.0 Å². The van der Waals surface area contributed by atoms with E-state index < -0.39 is 6.04 Å². The average molecular weight is 278 g/mol. The molecule has 0 radical (unpaired) electrons. The number of carbonyl (C=O) groups excluding carboxylic acids is 2. The van der Waals surface area contributed by atoms with Crippen molar-refractivity contribution in [2.75, 3.05) is 6.54 Å². The molecule has 2 heterocycles. The summed E-state index contributed by atoms with van der Waals surface area (Å²) >= 11 is 0. The Morgan fingerprint density at radius 1 is 1.50 bits per heavy atom. The normalized spacial score (nSPS) is 20.4. The van der Waals surface area contributed by atoms with Crippen LogP contribution in [0.15, 0.2) is 0 Å². The van der Waals surface area contributed by atoms with Crippen LogP contribution in [0, 0.1) is 13.8 Å². The lowest BCUT2D eigenvalue weighted by atomic mass is 9.97. The molecule has 2 N–H and O–H groups in total. The standard InChI is InChI=1S/C14H22N4O2/c1-8(12-9(2)17-18(4)10(12)3)13(19)16-11-6-5-7-15-14(11)20/h8,11H,5-7H2,1-4H3,(H,15,20)(H,16,19). The van der Waals surface area contributed by atoms with Crippen LogP contribution in [0.1, 0.15) is 42.6 Å². The van der Waals surface area contributed by atoms with Gasteiger partial charge < -0.3 is 10.6 Å². The highest BCUT2D eigenvalue weighted by Gasteiger charge is 2.28. The molecule has 1 aromatic rings. The fraction of sp³-hybridized carbons (Fsp3) is 0.643. The number of aryl methyl sites for hydroxylation is 2. The Morgan fingerprint density at radius 3 is 2.75 bits per heavy atom. The molecular weight excluding hydrogens is 256 g/mol. The summed E-state index contributed by atoms with van der Waals surface area (Å²) in [7, 11) is 1.87. The molecule has 6 heteroatoms. The van der Waals surface area contributed by atoms with E-state index in [9.17, 15) is 9.59 Å². The number of amides is 2. The predicted octanol–water partition coefficient (Wildman–Crippen LogP) is 0.535. The monoisotopic (exact) mass is 278 g/mol. The van der Waals surface area contributed by atoms with Crippen LogP contribution in [0.25, 0.3) is 0 Å². The lowest BCUT2D eigenvalue weighted by Crippen LogP contribution is -2.51. The highest BCUT2D eigenvalue weighted by Crippen LogP contribution is 2.23. The number of nitrogens with zero attached hydrogens (tertiary/aromatic N) is 2. The van der Waals surface area contributed by atoms with Crippen molar-refractivity contribution in [3.8, 4) is 0 Å². The van der Waals surface area contributed by atoms with E-state index in [1.54, 1.807) is 4.68 Å². The van der Waals surface area contributed by atoms with Gasteiger partial charge >= 0.3 is 0 Å². The third kappa shape index (κ3) is 2.69. The van der Waals surface area contributed by atoms with Crippen LogP contribution in [0.5, 0.6) is 0 Å². The van der Waals surface area contributed by atoms with E-state index in [-0.39, 0.29) is 17.7 Å². The van der Waals surface area contributed by atoms with Gasteiger partial charge in [-0.05, 0) is 33.6 Å². The Bertz CT molecular complexity index is 536. The fourth-order valence-electron chi connectivity index (χ4n) is 2.75. The summed E-state index contributed by atoms with van der Waals surface area (Å²) in [6.45, 7) is 6.40. The molecule has 2 rings (SSSR count). The average Bonchev–Trinajstić information content (AvgIpc) is 2.65. The third-order valence-electron chi connectivity index (χ3n) is 3.99. The van der Waals surface area contributed by atoms with Crippen molar-refractivity contribution in [3.05, 3.63) is 17.0 Å². The second-order valence-corrected chi connectivity index (χ2v) is 5.42. The molecule has 1 aliphatic heterocycles. The minimum atomic E-state index is -0.406. The van der Waals surface area contributed by atoms with Crippen LogP contribution in [0.2, 0.25) is 0 Å². The molecular formula is C14H22N4O2. The van der Waals surface area contributed by atoms with Gasteiger partial charge in [-0.2, -0.15) is 5.10 Å². The largest absolute Gasteiger partial charge is 0.354 e. The van der Waals surface area contributed by atoms with Crippen LogP contribution >= 0.6 is 0 Å².